The fraction of sp³-hybridized carbons (Fsp3) is 0.235. The molecule has 0 aromatic heterocycles. The maximum Gasteiger partial charge on any atom is 0.295 e. The monoisotopic (exact) mass is 424 g/mol. The summed E-state index contributed by atoms with van der Waals surface area (Å²) in [6, 6.07) is 10.5. The van der Waals surface area contributed by atoms with Crippen LogP contribution < -0.4 is 5.43 Å². The molecule has 1 heterocycles. The maximum atomic E-state index is 12.7. The summed E-state index contributed by atoms with van der Waals surface area (Å²) in [5.74, 6) is 0. The quantitative estimate of drug-likeness (QED) is 0.433. The number of nitro benzene ring substituents is 1. The van der Waals surface area contributed by atoms with Crippen LogP contribution in [-0.2, 0) is 14.8 Å². The van der Waals surface area contributed by atoms with Crippen LogP contribution in [0.25, 0.3) is 0 Å². The second-order valence-electron chi connectivity index (χ2n) is 5.87. The Morgan fingerprint density at radius 3 is 2.50 bits per heavy atom. The number of hydrogen-bond acceptors (Lipinski definition) is 7. The van der Waals surface area contributed by atoms with Gasteiger partial charge in [0.2, 0.25) is 10.0 Å². The van der Waals surface area contributed by atoms with E-state index < -0.39 is 14.9 Å². The van der Waals surface area contributed by atoms with Gasteiger partial charge in [-0.25, -0.2) is 8.42 Å². The normalized spacial score (nSPS) is 15.6. The van der Waals surface area contributed by atoms with E-state index in [4.69, 9.17) is 16.3 Å². The van der Waals surface area contributed by atoms with Gasteiger partial charge in [0.15, 0.2) is 0 Å². The molecule has 148 valence electrons. The minimum absolute atomic E-state index is 0.0798. The Morgan fingerprint density at radius 1 is 1.18 bits per heavy atom. The number of ether oxygens (including phenoxy) is 1. The number of sulfonamides is 1. The molecule has 28 heavy (non-hydrogen) atoms. The number of anilines is 1. The average Bonchev–Trinajstić information content (AvgIpc) is 2.70. The summed E-state index contributed by atoms with van der Waals surface area (Å²) in [6.07, 6.45) is 1.47. The van der Waals surface area contributed by atoms with Gasteiger partial charge < -0.3 is 4.74 Å². The van der Waals surface area contributed by atoms with E-state index in [2.05, 4.69) is 10.5 Å². The Labute approximate surface area is 166 Å². The number of nitro groups is 1. The van der Waals surface area contributed by atoms with E-state index in [1.165, 1.54) is 22.7 Å². The van der Waals surface area contributed by atoms with Crippen molar-refractivity contribution in [2.45, 2.75) is 4.90 Å². The molecule has 2 aromatic rings. The third kappa shape index (κ3) is 4.65. The van der Waals surface area contributed by atoms with Gasteiger partial charge in [-0.05, 0) is 29.8 Å². The molecule has 9 nitrogen and oxygen atoms in total. The van der Waals surface area contributed by atoms with Gasteiger partial charge in [-0.2, -0.15) is 9.41 Å². The first-order valence-electron chi connectivity index (χ1n) is 8.29. The summed E-state index contributed by atoms with van der Waals surface area (Å²) in [7, 11) is -3.83. The van der Waals surface area contributed by atoms with Crippen molar-refractivity contribution >= 4 is 39.2 Å². The fourth-order valence-electron chi connectivity index (χ4n) is 2.58. The minimum Gasteiger partial charge on any atom is -0.379 e. The number of rotatable bonds is 6. The highest BCUT2D eigenvalue weighted by molar-refractivity contribution is 7.89. The smallest absolute Gasteiger partial charge is 0.295 e. The molecule has 3 rings (SSSR count). The van der Waals surface area contributed by atoms with Crippen LogP contribution in [0.1, 0.15) is 5.56 Å². The molecular weight excluding hydrogens is 408 g/mol. The molecular formula is C17H17ClN4O5S. The standard InChI is InChI=1S/C17H17ClN4O5S/c18-14-3-1-13(2-4-14)12-19-20-16-6-5-15(11-17(16)22(23)24)28(25,26)21-7-9-27-10-8-21/h1-6,11-12,20H,7-10H2. The molecule has 0 radical (unpaired) electrons. The van der Waals surface area contributed by atoms with Crippen LogP contribution in [0.15, 0.2) is 52.5 Å². The summed E-state index contributed by atoms with van der Waals surface area (Å²) in [4.78, 5) is 10.6. The first kappa shape index (κ1) is 20.2. The lowest BCUT2D eigenvalue weighted by Gasteiger charge is -2.26. The number of benzene rings is 2. The number of nitrogens with one attached hydrogen (secondary N) is 1. The lowest BCUT2D eigenvalue weighted by Crippen LogP contribution is -2.40. The van der Waals surface area contributed by atoms with Crippen molar-refractivity contribution in [3.05, 3.63) is 63.2 Å². The van der Waals surface area contributed by atoms with Gasteiger partial charge in [-0.1, -0.05) is 23.7 Å². The van der Waals surface area contributed by atoms with Crippen LogP contribution in [0, 0.1) is 10.1 Å². The van der Waals surface area contributed by atoms with Crippen molar-refractivity contribution in [3.8, 4) is 0 Å². The molecule has 1 fully saturated rings. The fourth-order valence-corrected chi connectivity index (χ4v) is 4.13. The van der Waals surface area contributed by atoms with Crippen molar-refractivity contribution in [1.82, 2.24) is 4.31 Å². The largest absolute Gasteiger partial charge is 0.379 e. The average molecular weight is 425 g/mol. The van der Waals surface area contributed by atoms with Gasteiger partial charge in [0, 0.05) is 24.2 Å². The molecule has 0 bridgehead atoms. The number of hydrazone groups is 1. The number of halogens is 1. The highest BCUT2D eigenvalue weighted by Crippen LogP contribution is 2.29. The molecule has 0 unspecified atom stereocenters. The Balaban J connectivity index is 1.83. The molecule has 1 aliphatic rings. The third-order valence-corrected chi connectivity index (χ3v) is 6.19. The van der Waals surface area contributed by atoms with Crippen molar-refractivity contribution in [1.29, 1.82) is 0 Å². The van der Waals surface area contributed by atoms with E-state index in [0.717, 1.165) is 11.6 Å². The molecule has 0 aliphatic carbocycles. The van der Waals surface area contributed by atoms with E-state index >= 15 is 0 Å². The van der Waals surface area contributed by atoms with E-state index in [9.17, 15) is 18.5 Å². The zero-order valence-corrected chi connectivity index (χ0v) is 16.2. The summed E-state index contributed by atoms with van der Waals surface area (Å²) in [5.41, 5.74) is 3.02. The van der Waals surface area contributed by atoms with E-state index in [0.29, 0.717) is 18.2 Å². The van der Waals surface area contributed by atoms with Crippen molar-refractivity contribution in [2.24, 2.45) is 5.10 Å². The number of nitrogens with zero attached hydrogens (tertiary/aromatic N) is 3. The van der Waals surface area contributed by atoms with E-state index in [1.54, 1.807) is 24.3 Å². The first-order chi connectivity index (χ1) is 13.4. The van der Waals surface area contributed by atoms with Gasteiger partial charge in [0.25, 0.3) is 5.69 Å². The SMILES string of the molecule is O=[N+]([O-])c1cc(S(=O)(=O)N2CCOCC2)ccc1NN=Cc1ccc(Cl)cc1. The lowest BCUT2D eigenvalue weighted by molar-refractivity contribution is -0.384. The summed E-state index contributed by atoms with van der Waals surface area (Å²) < 4.78 is 31.8. The lowest BCUT2D eigenvalue weighted by atomic mass is 10.2. The highest BCUT2D eigenvalue weighted by Gasteiger charge is 2.28. The minimum atomic E-state index is -3.83. The number of morpholine rings is 1. The number of hydrogen-bond donors (Lipinski definition) is 1. The van der Waals surface area contributed by atoms with Crippen LogP contribution >= 0.6 is 11.6 Å². The molecule has 1 saturated heterocycles. The highest BCUT2D eigenvalue weighted by atomic mass is 35.5. The van der Waals surface area contributed by atoms with Crippen LogP contribution in [0.5, 0.6) is 0 Å². The van der Waals surface area contributed by atoms with Crippen LogP contribution in [-0.4, -0.2) is 50.2 Å². The molecule has 0 saturated carbocycles. The van der Waals surface area contributed by atoms with Gasteiger partial charge in [0.05, 0.1) is 29.2 Å². The van der Waals surface area contributed by atoms with Gasteiger partial charge >= 0.3 is 0 Å². The van der Waals surface area contributed by atoms with Crippen LogP contribution in [0.3, 0.4) is 0 Å². The Morgan fingerprint density at radius 2 is 1.86 bits per heavy atom. The first-order valence-corrected chi connectivity index (χ1v) is 10.1. The molecule has 0 amide bonds. The summed E-state index contributed by atoms with van der Waals surface area (Å²) >= 11 is 5.81. The Bertz CT molecular complexity index is 989. The van der Waals surface area contributed by atoms with Crippen molar-refractivity contribution < 1.29 is 18.1 Å². The third-order valence-electron chi connectivity index (χ3n) is 4.04. The van der Waals surface area contributed by atoms with Crippen LogP contribution in [0.2, 0.25) is 5.02 Å². The molecule has 1 N–H and O–H groups in total. The van der Waals surface area contributed by atoms with Crippen molar-refractivity contribution in [3.63, 3.8) is 0 Å². The van der Waals surface area contributed by atoms with Crippen LogP contribution in [0.4, 0.5) is 11.4 Å². The zero-order chi connectivity index (χ0) is 20.1. The summed E-state index contributed by atoms with van der Waals surface area (Å²) in [6.45, 7) is 1.00. The van der Waals surface area contributed by atoms with Gasteiger partial charge in [0.1, 0.15) is 5.69 Å². The predicted molar refractivity (Wildman–Crippen MR) is 105 cm³/mol. The molecule has 11 heteroatoms. The molecule has 1 aliphatic heterocycles. The van der Waals surface area contributed by atoms with Crippen molar-refractivity contribution in [2.75, 3.05) is 31.7 Å². The summed E-state index contributed by atoms with van der Waals surface area (Å²) in [5, 5.41) is 16.0. The second-order valence-corrected chi connectivity index (χ2v) is 8.25. The van der Waals surface area contributed by atoms with E-state index in [-0.39, 0.29) is 29.4 Å². The topological polar surface area (TPSA) is 114 Å². The van der Waals surface area contributed by atoms with E-state index in [1.807, 2.05) is 0 Å². The Hall–Kier alpha value is -2.53. The Kier molecular flexibility index (Phi) is 6.25. The molecule has 0 atom stereocenters. The maximum absolute atomic E-state index is 12.7. The second kappa shape index (κ2) is 8.65. The molecule has 2 aromatic carbocycles. The predicted octanol–water partition coefficient (Wildman–Crippen LogP) is 2.72. The van der Waals surface area contributed by atoms with Gasteiger partial charge in [-0.3, -0.25) is 15.5 Å². The van der Waals surface area contributed by atoms with Gasteiger partial charge in [-0.15, -0.1) is 0 Å². The zero-order valence-electron chi connectivity index (χ0n) is 14.6. The molecule has 0 spiro atoms.